The minimum Gasteiger partial charge on any atom is -0.441 e. The van der Waals surface area contributed by atoms with Gasteiger partial charge in [0, 0.05) is 11.3 Å². The molecule has 0 radical (unpaired) electrons. The van der Waals surface area contributed by atoms with E-state index in [-0.39, 0.29) is 5.56 Å². The van der Waals surface area contributed by atoms with Gasteiger partial charge >= 0.3 is 0 Å². The molecule has 158 valence electrons. The number of rotatable bonds is 5. The molecule has 0 atom stereocenters. The average molecular weight is 460 g/mol. The van der Waals surface area contributed by atoms with Crippen molar-refractivity contribution in [2.45, 2.75) is 17.8 Å². The van der Waals surface area contributed by atoms with E-state index < -0.39 is 0 Å². The summed E-state index contributed by atoms with van der Waals surface area (Å²) in [5.74, 6) is 1.81. The van der Waals surface area contributed by atoms with Gasteiger partial charge in [-0.3, -0.25) is 9.36 Å². The first-order chi connectivity index (χ1) is 15.6. The molecule has 0 aliphatic carbocycles. The van der Waals surface area contributed by atoms with Gasteiger partial charge in [-0.15, -0.1) is 0 Å². The molecule has 0 fully saturated rings. The van der Waals surface area contributed by atoms with E-state index in [2.05, 4.69) is 4.98 Å². The zero-order chi connectivity index (χ0) is 22.1. The number of hydrogen-bond donors (Lipinski definition) is 0. The van der Waals surface area contributed by atoms with Crippen molar-refractivity contribution < 1.29 is 4.42 Å². The average Bonchev–Trinajstić information content (AvgIpc) is 3.20. The highest BCUT2D eigenvalue weighted by molar-refractivity contribution is 7.98. The van der Waals surface area contributed by atoms with Crippen LogP contribution < -0.4 is 5.56 Å². The lowest BCUT2D eigenvalue weighted by atomic mass is 10.2. The fourth-order valence-electron chi connectivity index (χ4n) is 3.45. The minimum absolute atomic E-state index is 0.159. The number of hydrogen-bond acceptors (Lipinski definition) is 5. The quantitative estimate of drug-likeness (QED) is 0.228. The van der Waals surface area contributed by atoms with Gasteiger partial charge in [-0.05, 0) is 43.3 Å². The lowest BCUT2D eigenvalue weighted by Gasteiger charge is -2.14. The molecule has 0 N–H and O–H groups in total. The van der Waals surface area contributed by atoms with Crippen LogP contribution in [-0.2, 0) is 5.75 Å². The van der Waals surface area contributed by atoms with E-state index in [0.717, 1.165) is 17.0 Å². The molecule has 0 amide bonds. The predicted octanol–water partition coefficient (Wildman–Crippen LogP) is 6.29. The lowest BCUT2D eigenvalue weighted by molar-refractivity contribution is 0.540. The molecule has 5 aromatic rings. The SMILES string of the molecule is Cc1oc(-c2ccccc2)nc1CSc1nc2ccccc2c(=O)n1-c1ccccc1Cl. The van der Waals surface area contributed by atoms with Crippen LogP contribution in [0.1, 0.15) is 11.5 Å². The van der Waals surface area contributed by atoms with Crippen LogP contribution in [0.2, 0.25) is 5.02 Å². The van der Waals surface area contributed by atoms with Crippen molar-refractivity contribution in [3.63, 3.8) is 0 Å². The Labute approximate surface area is 193 Å². The number of para-hydroxylation sites is 2. The van der Waals surface area contributed by atoms with Crippen molar-refractivity contribution in [2.75, 3.05) is 0 Å². The molecular weight excluding hydrogens is 442 g/mol. The third-order valence-electron chi connectivity index (χ3n) is 5.09. The number of aromatic nitrogens is 3. The molecule has 0 spiro atoms. The van der Waals surface area contributed by atoms with Gasteiger partial charge in [-0.1, -0.05) is 65.8 Å². The zero-order valence-corrected chi connectivity index (χ0v) is 18.7. The van der Waals surface area contributed by atoms with Crippen molar-refractivity contribution in [3.8, 4) is 17.1 Å². The molecule has 5 nitrogen and oxygen atoms in total. The number of nitrogens with zero attached hydrogens (tertiary/aromatic N) is 3. The van der Waals surface area contributed by atoms with E-state index in [1.54, 1.807) is 16.7 Å². The molecule has 32 heavy (non-hydrogen) atoms. The number of oxazole rings is 1. The van der Waals surface area contributed by atoms with Crippen LogP contribution in [0.25, 0.3) is 28.0 Å². The van der Waals surface area contributed by atoms with Crippen LogP contribution in [0.3, 0.4) is 0 Å². The van der Waals surface area contributed by atoms with E-state index in [4.69, 9.17) is 21.0 Å². The second kappa shape index (κ2) is 8.65. The van der Waals surface area contributed by atoms with Gasteiger partial charge in [0.05, 0.1) is 27.3 Å². The molecule has 2 heterocycles. The monoisotopic (exact) mass is 459 g/mol. The molecule has 0 aliphatic rings. The fraction of sp³-hybridized carbons (Fsp3) is 0.0800. The Hall–Kier alpha value is -3.35. The molecule has 3 aromatic carbocycles. The van der Waals surface area contributed by atoms with Crippen LogP contribution in [0.4, 0.5) is 0 Å². The Bertz CT molecular complexity index is 1480. The summed E-state index contributed by atoms with van der Waals surface area (Å²) in [7, 11) is 0. The summed E-state index contributed by atoms with van der Waals surface area (Å²) in [5.41, 5.74) is 2.81. The number of benzene rings is 3. The number of halogens is 1. The topological polar surface area (TPSA) is 60.9 Å². The summed E-state index contributed by atoms with van der Waals surface area (Å²) in [6, 6.07) is 24.4. The van der Waals surface area contributed by atoms with Crippen molar-refractivity contribution in [2.24, 2.45) is 0 Å². The first kappa shape index (κ1) is 20.5. The molecule has 2 aromatic heterocycles. The standard InChI is InChI=1S/C25H18ClN3O2S/c1-16-21(27-23(31-16)17-9-3-2-4-10-17)15-32-25-28-20-13-7-5-11-18(20)24(30)29(25)22-14-8-6-12-19(22)26/h2-14H,15H2,1H3. The van der Waals surface area contributed by atoms with E-state index in [9.17, 15) is 4.79 Å². The molecular formula is C25H18ClN3O2S. The Kier molecular flexibility index (Phi) is 5.55. The number of aryl methyl sites for hydroxylation is 1. The lowest BCUT2D eigenvalue weighted by Crippen LogP contribution is -2.22. The van der Waals surface area contributed by atoms with Crippen LogP contribution in [-0.4, -0.2) is 14.5 Å². The van der Waals surface area contributed by atoms with E-state index in [1.807, 2.05) is 73.7 Å². The summed E-state index contributed by atoms with van der Waals surface area (Å²) in [6.45, 7) is 1.89. The Balaban J connectivity index is 1.56. The van der Waals surface area contributed by atoms with Gasteiger partial charge < -0.3 is 4.42 Å². The summed E-state index contributed by atoms with van der Waals surface area (Å²) >= 11 is 7.87. The molecule has 7 heteroatoms. The van der Waals surface area contributed by atoms with E-state index in [1.165, 1.54) is 11.8 Å². The van der Waals surface area contributed by atoms with Gasteiger partial charge in [-0.25, -0.2) is 9.97 Å². The Morgan fingerprint density at radius 2 is 1.66 bits per heavy atom. The first-order valence-corrected chi connectivity index (χ1v) is 11.4. The highest BCUT2D eigenvalue weighted by Crippen LogP contribution is 2.30. The third kappa shape index (κ3) is 3.83. The highest BCUT2D eigenvalue weighted by atomic mass is 35.5. The molecule has 0 unspecified atom stereocenters. The summed E-state index contributed by atoms with van der Waals surface area (Å²) in [4.78, 5) is 22.8. The van der Waals surface area contributed by atoms with E-state index in [0.29, 0.717) is 38.4 Å². The fourth-order valence-corrected chi connectivity index (χ4v) is 4.68. The van der Waals surface area contributed by atoms with Gasteiger partial charge in [-0.2, -0.15) is 0 Å². The molecule has 5 rings (SSSR count). The van der Waals surface area contributed by atoms with Gasteiger partial charge in [0.1, 0.15) is 5.76 Å². The maximum absolute atomic E-state index is 13.4. The molecule has 0 saturated carbocycles. The second-order valence-electron chi connectivity index (χ2n) is 7.18. The summed E-state index contributed by atoms with van der Waals surface area (Å²) in [5, 5.41) is 1.57. The third-order valence-corrected chi connectivity index (χ3v) is 6.36. The predicted molar refractivity (Wildman–Crippen MR) is 129 cm³/mol. The molecule has 0 bridgehead atoms. The largest absolute Gasteiger partial charge is 0.441 e. The molecule has 0 saturated heterocycles. The van der Waals surface area contributed by atoms with Crippen molar-refractivity contribution in [3.05, 3.63) is 106 Å². The number of thioether (sulfide) groups is 1. The van der Waals surface area contributed by atoms with Gasteiger partial charge in [0.2, 0.25) is 5.89 Å². The van der Waals surface area contributed by atoms with Crippen molar-refractivity contribution >= 4 is 34.3 Å². The second-order valence-corrected chi connectivity index (χ2v) is 8.53. The summed E-state index contributed by atoms with van der Waals surface area (Å²) in [6.07, 6.45) is 0. The highest BCUT2D eigenvalue weighted by Gasteiger charge is 2.17. The van der Waals surface area contributed by atoms with Gasteiger partial charge in [0.15, 0.2) is 5.16 Å². The first-order valence-electron chi connectivity index (χ1n) is 10.0. The van der Waals surface area contributed by atoms with Crippen LogP contribution in [0.5, 0.6) is 0 Å². The van der Waals surface area contributed by atoms with Crippen LogP contribution in [0, 0.1) is 6.92 Å². The normalized spacial score (nSPS) is 11.2. The summed E-state index contributed by atoms with van der Waals surface area (Å²) < 4.78 is 7.45. The maximum Gasteiger partial charge on any atom is 0.266 e. The Morgan fingerprint density at radius 1 is 0.938 bits per heavy atom. The minimum atomic E-state index is -0.159. The smallest absolute Gasteiger partial charge is 0.266 e. The van der Waals surface area contributed by atoms with Crippen molar-refractivity contribution in [1.82, 2.24) is 14.5 Å². The maximum atomic E-state index is 13.4. The number of fused-ring (bicyclic) bond motifs is 1. The molecule has 0 aliphatic heterocycles. The van der Waals surface area contributed by atoms with Crippen LogP contribution >= 0.6 is 23.4 Å². The Morgan fingerprint density at radius 3 is 2.47 bits per heavy atom. The van der Waals surface area contributed by atoms with Gasteiger partial charge in [0.25, 0.3) is 5.56 Å². The van der Waals surface area contributed by atoms with Crippen LogP contribution in [0.15, 0.2) is 93.2 Å². The van der Waals surface area contributed by atoms with E-state index >= 15 is 0 Å². The van der Waals surface area contributed by atoms with Crippen molar-refractivity contribution in [1.29, 1.82) is 0 Å². The zero-order valence-electron chi connectivity index (χ0n) is 17.2.